The number of benzene rings is 1. The number of aryl methyl sites for hydroxylation is 1. The van der Waals surface area contributed by atoms with Crippen molar-refractivity contribution in [1.29, 1.82) is 0 Å². The van der Waals surface area contributed by atoms with Crippen LogP contribution in [0.25, 0.3) is 0 Å². The number of hydrogen-bond acceptors (Lipinski definition) is 4. The van der Waals surface area contributed by atoms with Crippen LogP contribution in [0.1, 0.15) is 49.3 Å². The number of hydrogen-bond donors (Lipinski definition) is 2. The molecule has 1 aromatic carbocycles. The Morgan fingerprint density at radius 2 is 2.06 bits per heavy atom. The first-order valence-electron chi connectivity index (χ1n) is 11.4. The second-order valence-electron chi connectivity index (χ2n) is 8.95. The van der Waals surface area contributed by atoms with Crippen molar-refractivity contribution >= 4 is 5.96 Å². The van der Waals surface area contributed by atoms with Crippen LogP contribution in [0.5, 0.6) is 0 Å². The third-order valence-corrected chi connectivity index (χ3v) is 6.75. The van der Waals surface area contributed by atoms with E-state index in [-0.39, 0.29) is 11.6 Å². The molecule has 7 heteroatoms. The third kappa shape index (κ3) is 5.28. The van der Waals surface area contributed by atoms with E-state index < -0.39 is 0 Å². The molecule has 2 unspecified atom stereocenters. The van der Waals surface area contributed by atoms with Crippen LogP contribution in [0.3, 0.4) is 0 Å². The van der Waals surface area contributed by atoms with Crippen molar-refractivity contribution < 1.29 is 4.74 Å². The highest BCUT2D eigenvalue weighted by Gasteiger charge is 2.35. The Balaban J connectivity index is 1.39. The van der Waals surface area contributed by atoms with Crippen molar-refractivity contribution in [3.8, 4) is 0 Å². The maximum absolute atomic E-state index is 5.69. The molecule has 2 aliphatic heterocycles. The van der Waals surface area contributed by atoms with E-state index in [4.69, 9.17) is 4.74 Å². The molecule has 4 rings (SSSR count). The van der Waals surface area contributed by atoms with Gasteiger partial charge < -0.3 is 20.3 Å². The van der Waals surface area contributed by atoms with Crippen LogP contribution in [0.15, 0.2) is 47.7 Å². The number of nitrogens with one attached hydrogen (secondary N) is 2. The molecule has 0 saturated carbocycles. The Bertz CT molecular complexity index is 858. The van der Waals surface area contributed by atoms with Gasteiger partial charge >= 0.3 is 0 Å². The second kappa shape index (κ2) is 9.83. The van der Waals surface area contributed by atoms with Gasteiger partial charge in [0.1, 0.15) is 0 Å². The standard InChI is InChI=1S/C24H36N6O/c1-19(20-7-5-4-6-8-20)28-24(10-13-31-14-11-24)18-26-23(25-2)30-12-9-21(17-30)22-15-27-29(3)16-22/h4-8,15-16,19,21,28H,9-14,17-18H2,1-3H3,(H,25,26). The fraction of sp³-hybridized carbons (Fsp3) is 0.583. The molecule has 2 aromatic rings. The monoisotopic (exact) mass is 424 g/mol. The topological polar surface area (TPSA) is 66.7 Å². The minimum absolute atomic E-state index is 0.00801. The number of aromatic nitrogens is 2. The molecule has 2 atom stereocenters. The zero-order chi connectivity index (χ0) is 21.7. The molecule has 31 heavy (non-hydrogen) atoms. The SMILES string of the molecule is CN=C(NCC1(NC(C)c2ccccc2)CCOCC1)N1CCC(c2cnn(C)c2)C1. The first-order chi connectivity index (χ1) is 15.1. The summed E-state index contributed by atoms with van der Waals surface area (Å²) in [5.74, 6) is 1.51. The van der Waals surface area contributed by atoms with Crippen LogP contribution in [0, 0.1) is 0 Å². The average Bonchev–Trinajstić information content (AvgIpc) is 3.45. The van der Waals surface area contributed by atoms with Gasteiger partial charge in [0.05, 0.1) is 6.20 Å². The van der Waals surface area contributed by atoms with Crippen molar-refractivity contribution in [3.05, 3.63) is 53.9 Å². The Morgan fingerprint density at radius 3 is 2.74 bits per heavy atom. The summed E-state index contributed by atoms with van der Waals surface area (Å²) in [6.07, 6.45) is 7.25. The molecule has 2 aliphatic rings. The zero-order valence-corrected chi connectivity index (χ0v) is 19.1. The molecule has 3 heterocycles. The molecule has 168 valence electrons. The maximum atomic E-state index is 5.69. The van der Waals surface area contributed by atoms with Crippen LogP contribution < -0.4 is 10.6 Å². The highest BCUT2D eigenvalue weighted by Crippen LogP contribution is 2.28. The molecular weight excluding hydrogens is 388 g/mol. The van der Waals surface area contributed by atoms with Gasteiger partial charge in [0, 0.05) is 70.6 Å². The van der Waals surface area contributed by atoms with Gasteiger partial charge in [-0.15, -0.1) is 0 Å². The quantitative estimate of drug-likeness (QED) is 0.551. The van der Waals surface area contributed by atoms with Crippen molar-refractivity contribution in [3.63, 3.8) is 0 Å². The van der Waals surface area contributed by atoms with E-state index in [0.29, 0.717) is 5.92 Å². The fourth-order valence-corrected chi connectivity index (χ4v) is 4.87. The highest BCUT2D eigenvalue weighted by atomic mass is 16.5. The van der Waals surface area contributed by atoms with Gasteiger partial charge in [0.15, 0.2) is 5.96 Å². The number of aliphatic imine (C=N–C) groups is 1. The molecule has 0 radical (unpaired) electrons. The molecule has 0 bridgehead atoms. The Kier molecular flexibility index (Phi) is 6.92. The summed E-state index contributed by atoms with van der Waals surface area (Å²) in [4.78, 5) is 6.99. The zero-order valence-electron chi connectivity index (χ0n) is 19.1. The number of guanidine groups is 1. The van der Waals surface area contributed by atoms with Crippen molar-refractivity contribution in [2.45, 2.75) is 43.7 Å². The number of ether oxygens (including phenoxy) is 1. The van der Waals surface area contributed by atoms with Crippen LogP contribution in [-0.4, -0.2) is 66.1 Å². The lowest BCUT2D eigenvalue weighted by Gasteiger charge is -2.41. The first-order valence-corrected chi connectivity index (χ1v) is 11.4. The molecule has 2 fully saturated rings. The summed E-state index contributed by atoms with van der Waals surface area (Å²) >= 11 is 0. The van der Waals surface area contributed by atoms with Gasteiger partial charge in [-0.1, -0.05) is 30.3 Å². The number of nitrogens with zero attached hydrogens (tertiary/aromatic N) is 4. The van der Waals surface area contributed by atoms with E-state index in [1.165, 1.54) is 11.1 Å². The Morgan fingerprint density at radius 1 is 1.29 bits per heavy atom. The Hall–Kier alpha value is -2.38. The van der Waals surface area contributed by atoms with Gasteiger partial charge in [0.2, 0.25) is 0 Å². The van der Waals surface area contributed by atoms with Crippen molar-refractivity contribution in [1.82, 2.24) is 25.3 Å². The largest absolute Gasteiger partial charge is 0.381 e. The number of likely N-dealkylation sites (tertiary alicyclic amines) is 1. The first kappa shape index (κ1) is 21.8. The summed E-state index contributed by atoms with van der Waals surface area (Å²) in [6.45, 7) is 6.68. The Labute approximate surface area is 185 Å². The van der Waals surface area contributed by atoms with Gasteiger partial charge in [-0.05, 0) is 37.3 Å². The van der Waals surface area contributed by atoms with E-state index in [2.05, 4.69) is 69.1 Å². The minimum atomic E-state index is -0.00801. The lowest BCUT2D eigenvalue weighted by Crippen LogP contribution is -2.58. The van der Waals surface area contributed by atoms with Gasteiger partial charge in [-0.2, -0.15) is 5.10 Å². The number of rotatable bonds is 6. The maximum Gasteiger partial charge on any atom is 0.193 e. The van der Waals surface area contributed by atoms with Crippen LogP contribution in [0.2, 0.25) is 0 Å². The third-order valence-electron chi connectivity index (χ3n) is 6.75. The smallest absolute Gasteiger partial charge is 0.193 e. The normalized spacial score (nSPS) is 22.5. The van der Waals surface area contributed by atoms with Crippen LogP contribution in [-0.2, 0) is 11.8 Å². The summed E-state index contributed by atoms with van der Waals surface area (Å²) in [7, 11) is 3.86. The second-order valence-corrected chi connectivity index (χ2v) is 8.95. The molecule has 7 nitrogen and oxygen atoms in total. The predicted molar refractivity (Wildman–Crippen MR) is 124 cm³/mol. The molecule has 1 aromatic heterocycles. The van der Waals surface area contributed by atoms with E-state index in [1.54, 1.807) is 0 Å². The molecule has 2 N–H and O–H groups in total. The molecule has 0 amide bonds. The summed E-state index contributed by atoms with van der Waals surface area (Å²) < 4.78 is 7.58. The van der Waals surface area contributed by atoms with E-state index >= 15 is 0 Å². The average molecular weight is 425 g/mol. The van der Waals surface area contributed by atoms with Crippen LogP contribution in [0.4, 0.5) is 0 Å². The van der Waals surface area contributed by atoms with Gasteiger partial charge in [0.25, 0.3) is 0 Å². The summed E-state index contributed by atoms with van der Waals surface area (Å²) in [5.41, 5.74) is 2.63. The van der Waals surface area contributed by atoms with E-state index in [0.717, 1.165) is 58.1 Å². The molecular formula is C24H36N6O. The summed E-state index contributed by atoms with van der Waals surface area (Å²) in [5, 5.41) is 12.0. The van der Waals surface area contributed by atoms with Crippen LogP contribution >= 0.6 is 0 Å². The highest BCUT2D eigenvalue weighted by molar-refractivity contribution is 5.80. The summed E-state index contributed by atoms with van der Waals surface area (Å²) in [6, 6.07) is 11.0. The van der Waals surface area contributed by atoms with Gasteiger partial charge in [-0.3, -0.25) is 9.67 Å². The molecule has 0 aliphatic carbocycles. The van der Waals surface area contributed by atoms with Crippen molar-refractivity contribution in [2.75, 3.05) is 39.9 Å². The lowest BCUT2D eigenvalue weighted by molar-refractivity contribution is 0.0353. The minimum Gasteiger partial charge on any atom is -0.381 e. The van der Waals surface area contributed by atoms with E-state index in [1.807, 2.05) is 25.0 Å². The van der Waals surface area contributed by atoms with Gasteiger partial charge in [-0.25, -0.2) is 0 Å². The van der Waals surface area contributed by atoms with E-state index in [9.17, 15) is 0 Å². The van der Waals surface area contributed by atoms with Crippen molar-refractivity contribution in [2.24, 2.45) is 12.0 Å². The fourth-order valence-electron chi connectivity index (χ4n) is 4.87. The molecule has 0 spiro atoms. The molecule has 2 saturated heterocycles. The predicted octanol–water partition coefficient (Wildman–Crippen LogP) is 2.68. The lowest BCUT2D eigenvalue weighted by atomic mass is 9.88.